The van der Waals surface area contributed by atoms with E-state index < -0.39 is 0 Å². The van der Waals surface area contributed by atoms with Crippen molar-refractivity contribution in [1.29, 1.82) is 0 Å². The van der Waals surface area contributed by atoms with Gasteiger partial charge in [0, 0.05) is 17.3 Å². The molecule has 0 aromatic carbocycles. The summed E-state index contributed by atoms with van der Waals surface area (Å²) in [6.45, 7) is 9.69. The Morgan fingerprint density at radius 3 is 2.53 bits per heavy atom. The highest BCUT2D eigenvalue weighted by molar-refractivity contribution is 5.47. The van der Waals surface area contributed by atoms with Gasteiger partial charge in [-0.1, -0.05) is 6.92 Å². The van der Waals surface area contributed by atoms with Crippen LogP contribution in [0.2, 0.25) is 0 Å². The zero-order chi connectivity index (χ0) is 14.6. The summed E-state index contributed by atoms with van der Waals surface area (Å²) >= 11 is 0. The first-order chi connectivity index (χ1) is 8.82. The molecule has 3 N–H and O–H groups in total. The molecule has 1 aromatic rings. The van der Waals surface area contributed by atoms with Gasteiger partial charge in [0.1, 0.15) is 5.82 Å². The fourth-order valence-electron chi connectivity index (χ4n) is 2.22. The summed E-state index contributed by atoms with van der Waals surface area (Å²) in [5.41, 5.74) is 8.39. The number of nitrogens with one attached hydrogen (secondary N) is 1. The molecular formula is C15H28N4. The zero-order valence-electron chi connectivity index (χ0n) is 13.1. The highest BCUT2D eigenvalue weighted by atomic mass is 15.2. The van der Waals surface area contributed by atoms with Crippen LogP contribution in [-0.4, -0.2) is 36.1 Å². The number of hydrogen-bond acceptors (Lipinski definition) is 4. The number of pyridine rings is 1. The number of likely N-dealkylation sites (N-methyl/N-ethyl adjacent to an activating group) is 1. The van der Waals surface area contributed by atoms with Crippen LogP contribution in [0.15, 0.2) is 12.3 Å². The number of anilines is 1. The quantitative estimate of drug-likeness (QED) is 0.828. The third-order valence-corrected chi connectivity index (χ3v) is 3.99. The van der Waals surface area contributed by atoms with Gasteiger partial charge in [-0.3, -0.25) is 0 Å². The van der Waals surface area contributed by atoms with Gasteiger partial charge in [0.25, 0.3) is 0 Å². The fourth-order valence-corrected chi connectivity index (χ4v) is 2.22. The number of aromatic nitrogens is 1. The van der Waals surface area contributed by atoms with Crippen molar-refractivity contribution in [3.05, 3.63) is 23.4 Å². The minimum atomic E-state index is -0.0446. The summed E-state index contributed by atoms with van der Waals surface area (Å²) < 4.78 is 0. The molecule has 19 heavy (non-hydrogen) atoms. The largest absolute Gasteiger partial charge is 0.383 e. The van der Waals surface area contributed by atoms with Crippen molar-refractivity contribution in [2.75, 3.05) is 26.4 Å². The molecule has 1 heterocycles. The molecule has 0 aliphatic rings. The number of nitrogens with zero attached hydrogens (tertiary/aromatic N) is 2. The van der Waals surface area contributed by atoms with Gasteiger partial charge in [-0.2, -0.15) is 0 Å². The summed E-state index contributed by atoms with van der Waals surface area (Å²) in [6, 6.07) is 2.19. The van der Waals surface area contributed by atoms with Gasteiger partial charge in [-0.25, -0.2) is 4.98 Å². The van der Waals surface area contributed by atoms with Gasteiger partial charge in [-0.05, 0) is 59.5 Å². The monoisotopic (exact) mass is 264 g/mol. The summed E-state index contributed by atoms with van der Waals surface area (Å²) in [6.07, 6.45) is 2.87. The molecule has 108 valence electrons. The maximum atomic E-state index is 6.12. The SMILES string of the molecule is CCCNC(c1c(C)ccnc1N)C(C)(C)N(C)C. The molecule has 0 amide bonds. The number of hydrogen-bond donors (Lipinski definition) is 2. The first-order valence-electron chi connectivity index (χ1n) is 6.94. The van der Waals surface area contributed by atoms with Crippen molar-refractivity contribution < 1.29 is 0 Å². The van der Waals surface area contributed by atoms with E-state index in [0.717, 1.165) is 18.5 Å². The molecule has 0 aliphatic heterocycles. The second-order valence-corrected chi connectivity index (χ2v) is 5.86. The Labute approximate surface area is 117 Å². The lowest BCUT2D eigenvalue weighted by Crippen LogP contribution is -2.50. The number of nitrogen functional groups attached to an aromatic ring is 1. The minimum absolute atomic E-state index is 0.0446. The lowest BCUT2D eigenvalue weighted by Gasteiger charge is -2.41. The number of nitrogens with two attached hydrogens (primary N) is 1. The standard InChI is InChI=1S/C15H28N4/c1-7-9-17-13(15(3,4)19(5)6)12-11(2)8-10-18-14(12)16/h8,10,13,17H,7,9H2,1-6H3,(H2,16,18). The van der Waals surface area contributed by atoms with Crippen LogP contribution in [0, 0.1) is 6.92 Å². The van der Waals surface area contributed by atoms with E-state index >= 15 is 0 Å². The van der Waals surface area contributed by atoms with Crippen LogP contribution in [0.1, 0.15) is 44.4 Å². The highest BCUT2D eigenvalue weighted by Gasteiger charge is 2.34. The number of aryl methyl sites for hydroxylation is 1. The van der Waals surface area contributed by atoms with Gasteiger partial charge in [0.2, 0.25) is 0 Å². The lowest BCUT2D eigenvalue weighted by molar-refractivity contribution is 0.138. The van der Waals surface area contributed by atoms with Crippen LogP contribution < -0.4 is 11.1 Å². The van der Waals surface area contributed by atoms with Gasteiger partial charge < -0.3 is 16.0 Å². The maximum Gasteiger partial charge on any atom is 0.128 e. The predicted molar refractivity (Wildman–Crippen MR) is 82.2 cm³/mol. The molecule has 1 aromatic heterocycles. The van der Waals surface area contributed by atoms with Crippen molar-refractivity contribution in [2.24, 2.45) is 0 Å². The van der Waals surface area contributed by atoms with Gasteiger partial charge in [0.05, 0.1) is 6.04 Å². The van der Waals surface area contributed by atoms with Crippen LogP contribution in [0.4, 0.5) is 5.82 Å². The Balaban J connectivity index is 3.24. The Hall–Kier alpha value is -1.13. The molecule has 0 bridgehead atoms. The van der Waals surface area contributed by atoms with Crippen molar-refractivity contribution in [2.45, 2.75) is 45.7 Å². The van der Waals surface area contributed by atoms with E-state index in [1.807, 2.05) is 6.07 Å². The molecule has 1 atom stereocenters. The Morgan fingerprint density at radius 1 is 1.42 bits per heavy atom. The number of rotatable bonds is 6. The third-order valence-electron chi connectivity index (χ3n) is 3.99. The second-order valence-electron chi connectivity index (χ2n) is 5.86. The van der Waals surface area contributed by atoms with Gasteiger partial charge in [0.15, 0.2) is 0 Å². The molecule has 0 saturated carbocycles. The van der Waals surface area contributed by atoms with Crippen LogP contribution >= 0.6 is 0 Å². The molecule has 0 aliphatic carbocycles. The van der Waals surface area contributed by atoms with Gasteiger partial charge in [-0.15, -0.1) is 0 Å². The van der Waals surface area contributed by atoms with E-state index in [9.17, 15) is 0 Å². The Morgan fingerprint density at radius 2 is 2.05 bits per heavy atom. The first kappa shape index (κ1) is 15.9. The summed E-state index contributed by atoms with van der Waals surface area (Å²) in [5, 5.41) is 3.63. The molecule has 0 fully saturated rings. The van der Waals surface area contributed by atoms with Crippen LogP contribution in [0.5, 0.6) is 0 Å². The minimum Gasteiger partial charge on any atom is -0.383 e. The summed E-state index contributed by atoms with van der Waals surface area (Å²) in [4.78, 5) is 6.49. The zero-order valence-corrected chi connectivity index (χ0v) is 13.1. The van der Waals surface area contributed by atoms with E-state index in [1.165, 1.54) is 5.56 Å². The predicted octanol–water partition coefficient (Wildman–Crippen LogP) is 2.35. The van der Waals surface area contributed by atoms with Crippen molar-refractivity contribution >= 4 is 5.82 Å². The average molecular weight is 264 g/mol. The molecule has 0 spiro atoms. The molecule has 1 unspecified atom stereocenters. The van der Waals surface area contributed by atoms with Crippen molar-refractivity contribution in [3.8, 4) is 0 Å². The van der Waals surface area contributed by atoms with Gasteiger partial charge >= 0.3 is 0 Å². The molecule has 4 nitrogen and oxygen atoms in total. The summed E-state index contributed by atoms with van der Waals surface area (Å²) in [7, 11) is 4.20. The topological polar surface area (TPSA) is 54.2 Å². The fraction of sp³-hybridized carbons (Fsp3) is 0.667. The molecular weight excluding hydrogens is 236 g/mol. The van der Waals surface area contributed by atoms with E-state index in [2.05, 4.69) is 57.0 Å². The average Bonchev–Trinajstić information content (AvgIpc) is 2.32. The van der Waals surface area contributed by atoms with Crippen molar-refractivity contribution in [3.63, 3.8) is 0 Å². The second kappa shape index (κ2) is 6.35. The third kappa shape index (κ3) is 3.45. The highest BCUT2D eigenvalue weighted by Crippen LogP contribution is 2.33. The maximum absolute atomic E-state index is 6.12. The van der Waals surface area contributed by atoms with E-state index in [0.29, 0.717) is 5.82 Å². The normalized spacial score (nSPS) is 13.8. The van der Waals surface area contributed by atoms with Crippen LogP contribution in [0.25, 0.3) is 0 Å². The van der Waals surface area contributed by atoms with E-state index in [4.69, 9.17) is 5.73 Å². The first-order valence-corrected chi connectivity index (χ1v) is 6.94. The molecule has 1 rings (SSSR count). The molecule has 0 radical (unpaired) electrons. The van der Waals surface area contributed by atoms with Crippen LogP contribution in [0.3, 0.4) is 0 Å². The Bertz CT molecular complexity index is 392. The Kier molecular flexibility index (Phi) is 5.32. The van der Waals surface area contributed by atoms with E-state index in [-0.39, 0.29) is 11.6 Å². The molecule has 4 heteroatoms. The summed E-state index contributed by atoms with van der Waals surface area (Å²) in [5.74, 6) is 0.628. The molecule has 0 saturated heterocycles. The van der Waals surface area contributed by atoms with Crippen molar-refractivity contribution in [1.82, 2.24) is 15.2 Å². The lowest BCUT2D eigenvalue weighted by atomic mass is 9.85. The van der Waals surface area contributed by atoms with E-state index in [1.54, 1.807) is 6.20 Å². The smallest absolute Gasteiger partial charge is 0.128 e. The van der Waals surface area contributed by atoms with Crippen LogP contribution in [-0.2, 0) is 0 Å².